The number of hydrogen-bond donors (Lipinski definition) is 0. The number of benzene rings is 1. The SMILES string of the molecule is CS(=O)(=O)Cc1ccc(Cl)c(S(=O)(=O)Cl)c1. The van der Waals surface area contributed by atoms with Crippen molar-refractivity contribution in [1.29, 1.82) is 0 Å². The van der Waals surface area contributed by atoms with Crippen LogP contribution in [0, 0.1) is 0 Å². The van der Waals surface area contributed by atoms with Crippen LogP contribution in [0.2, 0.25) is 5.02 Å². The van der Waals surface area contributed by atoms with Crippen LogP contribution < -0.4 is 0 Å². The van der Waals surface area contributed by atoms with Gasteiger partial charge in [-0.05, 0) is 17.7 Å². The lowest BCUT2D eigenvalue weighted by Crippen LogP contribution is -2.02. The summed E-state index contributed by atoms with van der Waals surface area (Å²) in [5, 5.41) is -0.0350. The maximum absolute atomic E-state index is 11.1. The summed E-state index contributed by atoms with van der Waals surface area (Å²) in [7, 11) is -2.05. The molecule has 16 heavy (non-hydrogen) atoms. The predicted molar refractivity (Wildman–Crippen MR) is 63.0 cm³/mol. The van der Waals surface area contributed by atoms with Crippen molar-refractivity contribution in [3.8, 4) is 0 Å². The quantitative estimate of drug-likeness (QED) is 0.799. The van der Waals surface area contributed by atoms with Crippen molar-refractivity contribution in [3.05, 3.63) is 28.8 Å². The highest BCUT2D eigenvalue weighted by atomic mass is 35.7. The van der Waals surface area contributed by atoms with Gasteiger partial charge in [-0.15, -0.1) is 0 Å². The highest BCUT2D eigenvalue weighted by Crippen LogP contribution is 2.26. The van der Waals surface area contributed by atoms with Crippen molar-refractivity contribution < 1.29 is 16.8 Å². The van der Waals surface area contributed by atoms with E-state index in [9.17, 15) is 16.8 Å². The van der Waals surface area contributed by atoms with Gasteiger partial charge >= 0.3 is 0 Å². The van der Waals surface area contributed by atoms with Gasteiger partial charge in [-0.1, -0.05) is 17.7 Å². The lowest BCUT2D eigenvalue weighted by molar-refractivity contribution is 0.600. The van der Waals surface area contributed by atoms with Crippen LogP contribution in [0.1, 0.15) is 5.56 Å². The summed E-state index contributed by atoms with van der Waals surface area (Å²) in [6, 6.07) is 3.90. The fourth-order valence-corrected chi connectivity index (χ4v) is 3.43. The molecule has 0 atom stereocenters. The summed E-state index contributed by atoms with van der Waals surface area (Å²) in [5.74, 6) is -0.260. The van der Waals surface area contributed by atoms with Crippen LogP contribution in [-0.2, 0) is 24.6 Å². The van der Waals surface area contributed by atoms with E-state index in [-0.39, 0.29) is 15.7 Å². The summed E-state index contributed by atoms with van der Waals surface area (Å²) < 4.78 is 44.3. The molecular formula is C8H8Cl2O4S2. The molecule has 1 aromatic carbocycles. The molecule has 1 rings (SSSR count). The van der Waals surface area contributed by atoms with Crippen molar-refractivity contribution in [2.75, 3.05) is 6.26 Å². The Morgan fingerprint density at radius 2 is 1.75 bits per heavy atom. The topological polar surface area (TPSA) is 68.3 Å². The molecule has 0 saturated heterocycles. The second kappa shape index (κ2) is 4.52. The summed E-state index contributed by atoms with van der Waals surface area (Å²) in [5.41, 5.74) is 0.325. The molecule has 1 aromatic rings. The van der Waals surface area contributed by atoms with Crippen molar-refractivity contribution >= 4 is 41.2 Å². The van der Waals surface area contributed by atoms with Crippen LogP contribution in [0.15, 0.2) is 23.1 Å². The summed E-state index contributed by atoms with van der Waals surface area (Å²) in [4.78, 5) is -0.281. The first-order chi connectivity index (χ1) is 7.09. The number of sulfone groups is 1. The maximum atomic E-state index is 11.1. The van der Waals surface area contributed by atoms with Crippen LogP contribution in [-0.4, -0.2) is 23.1 Å². The standard InChI is InChI=1S/C8H8Cl2O4S2/c1-15(11,12)5-6-2-3-7(9)8(4-6)16(10,13)14/h2-4H,5H2,1H3. The van der Waals surface area contributed by atoms with Gasteiger partial charge in [0.05, 0.1) is 10.8 Å². The van der Waals surface area contributed by atoms with Crippen molar-refractivity contribution in [2.45, 2.75) is 10.6 Å². The van der Waals surface area contributed by atoms with E-state index in [4.69, 9.17) is 22.3 Å². The Morgan fingerprint density at radius 3 is 2.19 bits per heavy atom. The summed E-state index contributed by atoms with van der Waals surface area (Å²) in [6.07, 6.45) is 1.05. The Kier molecular flexibility index (Phi) is 3.89. The Labute approximate surface area is 104 Å². The molecule has 0 unspecified atom stereocenters. The minimum absolute atomic E-state index is 0.0350. The van der Waals surface area contributed by atoms with Crippen molar-refractivity contribution in [1.82, 2.24) is 0 Å². The monoisotopic (exact) mass is 302 g/mol. The van der Waals surface area contributed by atoms with E-state index >= 15 is 0 Å². The molecule has 0 spiro atoms. The van der Waals surface area contributed by atoms with Crippen LogP contribution in [0.25, 0.3) is 0 Å². The molecule has 0 N–H and O–H groups in total. The first-order valence-corrected chi connectivity index (χ1v) is 8.75. The molecule has 0 heterocycles. The largest absolute Gasteiger partial charge is 0.262 e. The molecule has 0 aromatic heterocycles. The Hall–Kier alpha value is -0.300. The zero-order valence-corrected chi connectivity index (χ0v) is 11.3. The van der Waals surface area contributed by atoms with Crippen molar-refractivity contribution in [2.24, 2.45) is 0 Å². The molecule has 8 heteroatoms. The van der Waals surface area contributed by atoms with Crippen molar-refractivity contribution in [3.63, 3.8) is 0 Å². The first kappa shape index (κ1) is 13.8. The minimum atomic E-state index is -3.97. The predicted octanol–water partition coefficient (Wildman–Crippen LogP) is 1.81. The van der Waals surface area contributed by atoms with Gasteiger partial charge in [-0.2, -0.15) is 0 Å². The molecule has 0 aliphatic rings. The third-order valence-electron chi connectivity index (χ3n) is 1.69. The molecule has 0 amide bonds. The van der Waals surface area contributed by atoms with Gasteiger partial charge in [0.15, 0.2) is 9.84 Å². The van der Waals surface area contributed by atoms with Crippen LogP contribution in [0.5, 0.6) is 0 Å². The zero-order chi connectivity index (χ0) is 12.6. The van der Waals surface area contributed by atoms with E-state index in [1.165, 1.54) is 12.1 Å². The minimum Gasteiger partial charge on any atom is -0.229 e. The Morgan fingerprint density at radius 1 is 1.19 bits per heavy atom. The Balaban J connectivity index is 3.29. The van der Waals surface area contributed by atoms with Gasteiger partial charge in [0.2, 0.25) is 0 Å². The van der Waals surface area contributed by atoms with E-state index in [1.54, 1.807) is 0 Å². The second-order valence-corrected chi connectivity index (χ2v) is 8.35. The summed E-state index contributed by atoms with van der Waals surface area (Å²) in [6.45, 7) is 0. The summed E-state index contributed by atoms with van der Waals surface area (Å²) >= 11 is 5.64. The number of hydrogen-bond acceptors (Lipinski definition) is 4. The van der Waals surface area contributed by atoms with Gasteiger partial charge < -0.3 is 0 Å². The molecule has 0 saturated carbocycles. The van der Waals surface area contributed by atoms with E-state index in [0.29, 0.717) is 5.56 Å². The normalized spacial score (nSPS) is 12.7. The number of rotatable bonds is 3. The highest BCUT2D eigenvalue weighted by molar-refractivity contribution is 8.13. The molecule has 4 nitrogen and oxygen atoms in total. The van der Waals surface area contributed by atoms with E-state index in [0.717, 1.165) is 12.3 Å². The van der Waals surface area contributed by atoms with Crippen LogP contribution >= 0.6 is 22.3 Å². The molecule has 0 aliphatic carbocycles. The molecule has 90 valence electrons. The maximum Gasteiger partial charge on any atom is 0.262 e. The smallest absolute Gasteiger partial charge is 0.229 e. The lowest BCUT2D eigenvalue weighted by atomic mass is 10.2. The van der Waals surface area contributed by atoms with Gasteiger partial charge in [0.1, 0.15) is 4.90 Å². The third-order valence-corrected chi connectivity index (χ3v) is 4.35. The lowest BCUT2D eigenvalue weighted by Gasteiger charge is -2.04. The first-order valence-electron chi connectivity index (χ1n) is 4.00. The second-order valence-electron chi connectivity index (χ2n) is 3.27. The molecule has 0 fully saturated rings. The van der Waals surface area contributed by atoms with Gasteiger partial charge in [-0.25, -0.2) is 16.8 Å². The van der Waals surface area contributed by atoms with E-state index in [1.807, 2.05) is 0 Å². The van der Waals surface area contributed by atoms with Gasteiger partial charge in [-0.3, -0.25) is 0 Å². The van der Waals surface area contributed by atoms with E-state index < -0.39 is 18.9 Å². The third kappa shape index (κ3) is 3.93. The molecule has 0 bridgehead atoms. The average molecular weight is 303 g/mol. The highest BCUT2D eigenvalue weighted by Gasteiger charge is 2.16. The van der Waals surface area contributed by atoms with Gasteiger partial charge in [0.25, 0.3) is 9.05 Å². The fourth-order valence-electron chi connectivity index (χ4n) is 1.13. The molecule has 0 radical (unpaired) electrons. The van der Waals surface area contributed by atoms with Crippen LogP contribution in [0.4, 0.5) is 0 Å². The van der Waals surface area contributed by atoms with E-state index in [2.05, 4.69) is 0 Å². The average Bonchev–Trinajstić information content (AvgIpc) is 2.04. The zero-order valence-electron chi connectivity index (χ0n) is 8.14. The fraction of sp³-hybridized carbons (Fsp3) is 0.250. The molecule has 0 aliphatic heterocycles. The molecular weight excluding hydrogens is 295 g/mol. The van der Waals surface area contributed by atoms with Crippen LogP contribution in [0.3, 0.4) is 0 Å². The van der Waals surface area contributed by atoms with Gasteiger partial charge in [0, 0.05) is 16.9 Å². The Bertz CT molecular complexity index is 605. The number of halogens is 2.